The van der Waals surface area contributed by atoms with Crippen LogP contribution in [0.5, 0.6) is 5.75 Å². The van der Waals surface area contributed by atoms with Crippen molar-refractivity contribution in [3.05, 3.63) is 64.2 Å². The minimum atomic E-state index is -2.26. The van der Waals surface area contributed by atoms with Crippen molar-refractivity contribution in [2.45, 2.75) is 25.3 Å². The number of benzene rings is 2. The van der Waals surface area contributed by atoms with Crippen molar-refractivity contribution in [1.29, 1.82) is 0 Å². The maximum atomic E-state index is 10.5. The van der Waals surface area contributed by atoms with Crippen molar-refractivity contribution in [3.8, 4) is 5.75 Å². The zero-order valence-corrected chi connectivity index (χ0v) is 15.9. The van der Waals surface area contributed by atoms with Crippen LogP contribution in [0.4, 0.5) is 0 Å². The third kappa shape index (κ3) is 5.53. The van der Waals surface area contributed by atoms with E-state index in [2.05, 4.69) is 34.3 Å². The van der Waals surface area contributed by atoms with E-state index in [1.54, 1.807) is 0 Å². The van der Waals surface area contributed by atoms with Gasteiger partial charge in [0.15, 0.2) is 0 Å². The Morgan fingerprint density at radius 3 is 2.85 bits per heavy atom. The Morgan fingerprint density at radius 1 is 1.27 bits per heavy atom. The van der Waals surface area contributed by atoms with Crippen molar-refractivity contribution >= 4 is 22.9 Å². The average Bonchev–Trinajstić information content (AvgIpc) is 2.83. The van der Waals surface area contributed by atoms with Crippen molar-refractivity contribution in [3.63, 3.8) is 0 Å². The molecule has 2 atom stereocenters. The van der Waals surface area contributed by atoms with Crippen LogP contribution in [0, 0.1) is 0 Å². The normalized spacial score (nSPS) is 18.0. The fraction of sp³-hybridized carbons (Fsp3) is 0.368. The molecule has 1 aliphatic rings. The first kappa shape index (κ1) is 19.3. The van der Waals surface area contributed by atoms with Crippen LogP contribution in [0.2, 0.25) is 5.02 Å². The van der Waals surface area contributed by atoms with Gasteiger partial charge in [0.25, 0.3) is 0 Å². The second-order valence-electron chi connectivity index (χ2n) is 6.28. The highest BCUT2D eigenvalue weighted by atomic mass is 35.5. The van der Waals surface area contributed by atoms with Crippen LogP contribution in [0.25, 0.3) is 0 Å². The Morgan fingerprint density at radius 2 is 2.08 bits per heavy atom. The first-order chi connectivity index (χ1) is 12.6. The molecule has 0 saturated heterocycles. The van der Waals surface area contributed by atoms with E-state index in [1.807, 2.05) is 18.2 Å². The van der Waals surface area contributed by atoms with Gasteiger partial charge in [-0.1, -0.05) is 29.8 Å². The SMILES string of the molecule is O=S([O-])NCCOc1ccc2c(c1)C(Cc1ccc(Cl)cc1)NCCC2. The zero-order valence-electron chi connectivity index (χ0n) is 14.4. The van der Waals surface area contributed by atoms with E-state index in [9.17, 15) is 8.76 Å². The van der Waals surface area contributed by atoms with E-state index in [0.717, 1.165) is 36.6 Å². The minimum absolute atomic E-state index is 0.212. The fourth-order valence-electron chi connectivity index (χ4n) is 3.21. The Kier molecular flexibility index (Phi) is 7.05. The number of aryl methyl sites for hydroxylation is 1. The lowest BCUT2D eigenvalue weighted by Crippen LogP contribution is -2.24. The molecule has 0 fully saturated rings. The maximum Gasteiger partial charge on any atom is 0.119 e. The Balaban J connectivity index is 1.73. The van der Waals surface area contributed by atoms with Gasteiger partial charge in [-0.15, -0.1) is 0 Å². The first-order valence-electron chi connectivity index (χ1n) is 8.68. The van der Waals surface area contributed by atoms with Crippen LogP contribution in [-0.4, -0.2) is 28.5 Å². The number of nitrogens with one attached hydrogen (secondary N) is 2. The lowest BCUT2D eigenvalue weighted by atomic mass is 9.94. The molecular formula is C19H22ClN2O3S-. The third-order valence-corrected chi connectivity index (χ3v) is 5.14. The van der Waals surface area contributed by atoms with Crippen LogP contribution in [-0.2, 0) is 24.1 Å². The number of hydrogen-bond donors (Lipinski definition) is 2. The highest BCUT2D eigenvalue weighted by Crippen LogP contribution is 2.29. The van der Waals surface area contributed by atoms with E-state index in [0.29, 0.717) is 6.61 Å². The number of hydrogen-bond acceptors (Lipinski definition) is 4. The van der Waals surface area contributed by atoms with Gasteiger partial charge in [0.2, 0.25) is 0 Å². The molecule has 140 valence electrons. The van der Waals surface area contributed by atoms with Gasteiger partial charge < -0.3 is 14.6 Å². The van der Waals surface area contributed by atoms with Gasteiger partial charge in [-0.05, 0) is 66.8 Å². The predicted molar refractivity (Wildman–Crippen MR) is 103 cm³/mol. The van der Waals surface area contributed by atoms with Gasteiger partial charge in [-0.3, -0.25) is 4.21 Å². The van der Waals surface area contributed by atoms with E-state index in [4.69, 9.17) is 16.3 Å². The van der Waals surface area contributed by atoms with Gasteiger partial charge in [0.1, 0.15) is 12.4 Å². The van der Waals surface area contributed by atoms with Crippen LogP contribution in [0.3, 0.4) is 0 Å². The van der Waals surface area contributed by atoms with Crippen molar-refractivity contribution in [1.82, 2.24) is 10.0 Å². The molecular weight excluding hydrogens is 372 g/mol. The minimum Gasteiger partial charge on any atom is -0.760 e. The first-order valence-corrected chi connectivity index (χ1v) is 10.1. The molecule has 2 aromatic carbocycles. The van der Waals surface area contributed by atoms with Gasteiger partial charge in [0.05, 0.1) is 0 Å². The molecule has 0 amide bonds. The summed E-state index contributed by atoms with van der Waals surface area (Å²) < 4.78 is 29.0. The third-order valence-electron chi connectivity index (χ3n) is 4.45. The van der Waals surface area contributed by atoms with E-state index >= 15 is 0 Å². The number of fused-ring (bicyclic) bond motifs is 1. The summed E-state index contributed by atoms with van der Waals surface area (Å²) in [7, 11) is 0. The highest BCUT2D eigenvalue weighted by molar-refractivity contribution is 7.77. The molecule has 1 aliphatic heterocycles. The molecule has 3 rings (SSSR count). The molecule has 0 aliphatic carbocycles. The van der Waals surface area contributed by atoms with Crippen LogP contribution >= 0.6 is 11.6 Å². The highest BCUT2D eigenvalue weighted by Gasteiger charge is 2.19. The second kappa shape index (κ2) is 9.48. The zero-order chi connectivity index (χ0) is 18.4. The molecule has 0 aromatic heterocycles. The Hall–Kier alpha value is -1.44. The smallest absolute Gasteiger partial charge is 0.119 e. The standard InChI is InChI=1S/C19H23ClN2O3S/c20-16-6-3-14(4-7-16)12-19-18-13-17(25-11-10-22-26(23)24)8-5-15(18)2-1-9-21-19/h3-8,13,19,21-22H,1-2,9-12H2,(H,23,24)/p-1. The summed E-state index contributed by atoms with van der Waals surface area (Å²) in [6.45, 7) is 1.52. The molecule has 5 nitrogen and oxygen atoms in total. The number of ether oxygens (including phenoxy) is 1. The van der Waals surface area contributed by atoms with Crippen molar-refractivity contribution in [2.75, 3.05) is 19.7 Å². The molecule has 2 unspecified atom stereocenters. The lowest BCUT2D eigenvalue weighted by Gasteiger charge is -2.20. The molecule has 0 bridgehead atoms. The lowest BCUT2D eigenvalue weighted by molar-refractivity contribution is 0.321. The summed E-state index contributed by atoms with van der Waals surface area (Å²) in [5.74, 6) is 0.757. The molecule has 2 aromatic rings. The monoisotopic (exact) mass is 393 g/mol. The Bertz CT molecular complexity index is 755. The summed E-state index contributed by atoms with van der Waals surface area (Å²) in [6.07, 6.45) is 3.02. The van der Waals surface area contributed by atoms with Crippen molar-refractivity contribution < 1.29 is 13.5 Å². The van der Waals surface area contributed by atoms with E-state index in [-0.39, 0.29) is 12.6 Å². The molecule has 0 radical (unpaired) electrons. The molecule has 0 saturated carbocycles. The quantitative estimate of drug-likeness (QED) is 0.560. The summed E-state index contributed by atoms with van der Waals surface area (Å²) in [5.41, 5.74) is 3.81. The summed E-state index contributed by atoms with van der Waals surface area (Å²) in [5, 5.41) is 4.37. The molecule has 2 N–H and O–H groups in total. The van der Waals surface area contributed by atoms with Crippen LogP contribution in [0.15, 0.2) is 42.5 Å². The fourth-order valence-corrected chi connectivity index (χ4v) is 3.59. The molecule has 7 heteroatoms. The summed E-state index contributed by atoms with van der Waals surface area (Å²) in [4.78, 5) is 0. The molecule has 0 spiro atoms. The summed E-state index contributed by atoms with van der Waals surface area (Å²) in [6, 6.07) is 14.3. The number of halogens is 1. The van der Waals surface area contributed by atoms with Gasteiger partial charge in [-0.2, -0.15) is 0 Å². The maximum absolute atomic E-state index is 10.5. The summed E-state index contributed by atoms with van der Waals surface area (Å²) >= 11 is 3.73. The molecule has 1 heterocycles. The van der Waals surface area contributed by atoms with Gasteiger partial charge in [-0.25, -0.2) is 4.72 Å². The van der Waals surface area contributed by atoms with E-state index in [1.165, 1.54) is 16.7 Å². The van der Waals surface area contributed by atoms with E-state index < -0.39 is 11.3 Å². The van der Waals surface area contributed by atoms with Crippen LogP contribution < -0.4 is 14.8 Å². The van der Waals surface area contributed by atoms with Gasteiger partial charge in [0, 0.05) is 28.9 Å². The average molecular weight is 394 g/mol. The van der Waals surface area contributed by atoms with Gasteiger partial charge >= 0.3 is 0 Å². The molecule has 26 heavy (non-hydrogen) atoms. The van der Waals surface area contributed by atoms with Crippen molar-refractivity contribution in [2.24, 2.45) is 0 Å². The van der Waals surface area contributed by atoms with Crippen LogP contribution in [0.1, 0.15) is 29.2 Å². The largest absolute Gasteiger partial charge is 0.760 e. The Labute approximate surface area is 161 Å². The number of rotatable bonds is 7. The predicted octanol–water partition coefficient (Wildman–Crippen LogP) is 2.92. The topological polar surface area (TPSA) is 73.4 Å². The second-order valence-corrected chi connectivity index (χ2v) is 7.47.